The number of furan rings is 1. The zero-order valence-electron chi connectivity index (χ0n) is 43.5. The van der Waals surface area contributed by atoms with Gasteiger partial charge in [0.1, 0.15) is 34.2 Å². The van der Waals surface area contributed by atoms with Gasteiger partial charge in [0.2, 0.25) is 0 Å². The Hall–Kier alpha value is -7.54. The molecular weight excluding hydrogens is 965 g/mol. The molecule has 0 saturated carbocycles. The van der Waals surface area contributed by atoms with E-state index in [9.17, 15) is 34.5 Å². The van der Waals surface area contributed by atoms with E-state index in [0.29, 0.717) is 48.5 Å². The van der Waals surface area contributed by atoms with E-state index >= 15 is 4.79 Å². The number of carbonyl (C=O) groups excluding carboxylic acids is 4. The molecule has 0 spiro atoms. The zero-order valence-corrected chi connectivity index (χ0v) is 43.5. The number of aromatic nitrogens is 1. The van der Waals surface area contributed by atoms with Gasteiger partial charge < -0.3 is 58.2 Å². The molecule has 6 aromatic rings. The van der Waals surface area contributed by atoms with Crippen LogP contribution in [0.5, 0.6) is 11.5 Å². The predicted molar refractivity (Wildman–Crippen MR) is 281 cm³/mol. The second-order valence-electron chi connectivity index (χ2n) is 20.3. The van der Waals surface area contributed by atoms with Gasteiger partial charge in [-0.1, -0.05) is 45.9 Å². The number of hydrogen-bond acceptors (Lipinski definition) is 16. The first-order valence-electron chi connectivity index (χ1n) is 25.1. The molecule has 4 aromatic carbocycles. The van der Waals surface area contributed by atoms with Gasteiger partial charge in [-0.25, -0.2) is 4.98 Å². The lowest BCUT2D eigenvalue weighted by atomic mass is 9.78. The number of nitrogens with zero attached hydrogens (tertiary/aromatic N) is 3. The first-order chi connectivity index (χ1) is 35.6. The molecule has 3 aliphatic heterocycles. The van der Waals surface area contributed by atoms with E-state index in [1.165, 1.54) is 53.2 Å². The van der Waals surface area contributed by atoms with Gasteiger partial charge in [-0.2, -0.15) is 0 Å². The highest BCUT2D eigenvalue weighted by molar-refractivity contribution is 6.26. The van der Waals surface area contributed by atoms with Gasteiger partial charge >= 0.3 is 11.8 Å². The Labute approximate surface area is 432 Å². The molecule has 18 heteroatoms. The van der Waals surface area contributed by atoms with Gasteiger partial charge in [-0.3, -0.25) is 24.0 Å². The molecule has 0 aliphatic carbocycles. The Kier molecular flexibility index (Phi) is 14.2. The van der Waals surface area contributed by atoms with Crippen LogP contribution in [-0.2, 0) is 23.8 Å². The summed E-state index contributed by atoms with van der Waals surface area (Å²) in [5.41, 5.74) is 2.07. The third-order valence-corrected chi connectivity index (χ3v) is 15.2. The number of piperazine rings is 1. The summed E-state index contributed by atoms with van der Waals surface area (Å²) in [4.78, 5) is 79.3. The number of rotatable bonds is 4. The van der Waals surface area contributed by atoms with Gasteiger partial charge in [0.25, 0.3) is 17.6 Å². The van der Waals surface area contributed by atoms with E-state index in [0.717, 1.165) is 10.9 Å². The molecule has 18 nitrogen and oxygen atoms in total. The van der Waals surface area contributed by atoms with Gasteiger partial charge in [-0.05, 0) is 68.8 Å². The maximum absolute atomic E-state index is 15.1. The van der Waals surface area contributed by atoms with Crippen molar-refractivity contribution in [1.29, 1.82) is 0 Å². The quantitative estimate of drug-likeness (QED) is 0.0566. The molecule has 3 aliphatic rings. The second-order valence-corrected chi connectivity index (χ2v) is 20.3. The maximum atomic E-state index is 15.1. The number of aromatic hydroxyl groups is 1. The Morgan fingerprint density at radius 2 is 1.61 bits per heavy atom. The minimum atomic E-state index is -2.09. The number of amides is 2. The minimum Gasteiger partial charge on any atom is -0.505 e. The lowest BCUT2D eigenvalue weighted by Gasteiger charge is -2.38. The van der Waals surface area contributed by atoms with Crippen LogP contribution in [0.3, 0.4) is 0 Å². The van der Waals surface area contributed by atoms with Gasteiger partial charge in [0.15, 0.2) is 22.3 Å². The van der Waals surface area contributed by atoms with Gasteiger partial charge in [0.05, 0.1) is 47.5 Å². The van der Waals surface area contributed by atoms with Crippen molar-refractivity contribution in [3.8, 4) is 11.5 Å². The van der Waals surface area contributed by atoms with Crippen LogP contribution >= 0.6 is 0 Å². The number of Topliss-reactive ketones (excluding diaryl/α,β-unsaturated/α-hetero) is 1. The van der Waals surface area contributed by atoms with Crippen LogP contribution in [0.25, 0.3) is 43.9 Å². The molecule has 0 unspecified atom stereocenters. The summed E-state index contributed by atoms with van der Waals surface area (Å²) in [6.07, 6.45) is 5.10. The molecule has 1 saturated heterocycles. The van der Waals surface area contributed by atoms with E-state index in [1.54, 1.807) is 69.2 Å². The molecule has 9 atom stereocenters. The van der Waals surface area contributed by atoms with Crippen molar-refractivity contribution < 1.29 is 62.3 Å². The summed E-state index contributed by atoms with van der Waals surface area (Å²) in [5.74, 6) is -7.60. The Bertz CT molecular complexity index is 3460. The number of hydrogen-bond donors (Lipinski definition) is 4. The SMILES string of the molecule is CO[C@H]1/C=C/O[C@@]2(C)Oc3c(C)c(=O)c4c(O)c(c5oc6cc(C)cc(N7CCN(C(=O)c8ccc9occc9c8)CC7)c6nc5c4c3C2=O)NC(=O)/C(C)=C\C=C\[C@H](C)[C@H](O)[C@@H](C)[C@@H](O)[C@@H](C)[C@H](OC(C)=O)[C@@H]1C. The summed E-state index contributed by atoms with van der Waals surface area (Å²) in [6, 6.07) is 10.8. The van der Waals surface area contributed by atoms with E-state index < -0.39 is 82.7 Å². The number of methoxy groups -OCH3 is 1. The van der Waals surface area contributed by atoms with Crippen molar-refractivity contribution in [2.45, 2.75) is 92.5 Å². The van der Waals surface area contributed by atoms with Gasteiger partial charge in [0, 0.05) is 98.3 Å². The molecular formula is C57H62N4O14. The number of carbonyl (C=O) groups is 4. The number of aryl methyl sites for hydroxylation is 1. The topological polar surface area (TPSA) is 241 Å². The highest BCUT2D eigenvalue weighted by Gasteiger charge is 2.50. The van der Waals surface area contributed by atoms with E-state index in [-0.39, 0.29) is 61.5 Å². The molecule has 4 bridgehead atoms. The molecule has 2 amide bonds. The monoisotopic (exact) mass is 1030 g/mol. The number of anilines is 2. The molecule has 5 heterocycles. The van der Waals surface area contributed by atoms with Crippen LogP contribution < -0.4 is 20.4 Å². The fourth-order valence-corrected chi connectivity index (χ4v) is 10.7. The molecule has 2 aromatic heterocycles. The lowest BCUT2D eigenvalue weighted by molar-refractivity contribution is -0.160. The Balaban J connectivity index is 1.19. The van der Waals surface area contributed by atoms with E-state index in [1.807, 2.05) is 25.1 Å². The Morgan fingerprint density at radius 1 is 0.880 bits per heavy atom. The van der Waals surface area contributed by atoms with Crippen LogP contribution in [0.2, 0.25) is 0 Å². The largest absolute Gasteiger partial charge is 0.505 e. The summed E-state index contributed by atoms with van der Waals surface area (Å²) in [7, 11) is 1.44. The van der Waals surface area contributed by atoms with Crippen molar-refractivity contribution in [1.82, 2.24) is 9.88 Å². The number of aliphatic hydroxyl groups excluding tert-OH is 2. The molecule has 4 N–H and O–H groups in total. The van der Waals surface area contributed by atoms with Crippen molar-refractivity contribution in [3.05, 3.63) is 111 Å². The van der Waals surface area contributed by atoms with Crippen LogP contribution in [-0.4, -0.2) is 112 Å². The molecule has 9 rings (SSSR count). The van der Waals surface area contributed by atoms with E-state index in [4.69, 9.17) is 32.8 Å². The van der Waals surface area contributed by atoms with Crippen LogP contribution in [0.1, 0.15) is 80.3 Å². The lowest BCUT2D eigenvalue weighted by Crippen LogP contribution is -2.48. The number of ether oxygens (including phenoxy) is 4. The number of fused-ring (bicyclic) bond motifs is 3. The fourth-order valence-electron chi connectivity index (χ4n) is 10.7. The van der Waals surface area contributed by atoms with Crippen molar-refractivity contribution in [2.75, 3.05) is 43.5 Å². The third kappa shape index (κ3) is 9.39. The summed E-state index contributed by atoms with van der Waals surface area (Å²) in [5, 5.41) is 38.7. The molecule has 75 heavy (non-hydrogen) atoms. The number of phenolic OH excluding ortho intramolecular Hbond substituents is 1. The highest BCUT2D eigenvalue weighted by Crippen LogP contribution is 2.49. The first kappa shape index (κ1) is 52.3. The van der Waals surface area contributed by atoms with Crippen molar-refractivity contribution in [2.24, 2.45) is 23.7 Å². The smallest absolute Gasteiger partial charge is 0.312 e. The van der Waals surface area contributed by atoms with Crippen molar-refractivity contribution in [3.63, 3.8) is 0 Å². The van der Waals surface area contributed by atoms with Crippen molar-refractivity contribution >= 4 is 78.9 Å². The predicted octanol–water partition coefficient (Wildman–Crippen LogP) is 8.01. The number of nitrogens with one attached hydrogen (secondary N) is 1. The molecule has 1 fully saturated rings. The average Bonchev–Trinajstić information content (AvgIpc) is 4.01. The normalized spacial score (nSPS) is 27.5. The van der Waals surface area contributed by atoms with Crippen LogP contribution in [0, 0.1) is 37.5 Å². The Morgan fingerprint density at radius 3 is 2.32 bits per heavy atom. The first-order valence-corrected chi connectivity index (χ1v) is 25.1. The number of ketones is 1. The number of esters is 1. The van der Waals surface area contributed by atoms with Gasteiger partial charge in [-0.15, -0.1) is 0 Å². The number of allylic oxidation sites excluding steroid dienone is 2. The number of benzene rings is 4. The summed E-state index contributed by atoms with van der Waals surface area (Å²) >= 11 is 0. The highest BCUT2D eigenvalue weighted by atomic mass is 16.7. The average molecular weight is 1030 g/mol. The standard InChI is InChI=1S/C57H62N4O14/c1-27-24-37(60-18-20-61(21-19-60)56(69)36-14-15-39-35(26-36)16-22-71-39)44-40(25-27)74-53-45(58-44)41-42-49(65)33(7)52-43(41)54(67)57(9,75-52)72-23-17-38(70-10)30(4)51(73-34(8)62)32(6)48(64)31(5)47(63)28(2)12-11-13-29(3)55(68)59-46(53)50(42)66/h11-17,22-26,28,30-32,38,47-48,51,63-64,66H,18-21H2,1-10H3,(H,59,68)/b12-11+,23-17+,29-13-/t28-,30+,31+,32+,38-,47-,48+,51+,57-/m0/s1. The second kappa shape index (κ2) is 20.3. The number of phenols is 1. The number of aliphatic hydroxyl groups is 2. The summed E-state index contributed by atoms with van der Waals surface area (Å²) in [6.45, 7) is 16.0. The maximum Gasteiger partial charge on any atom is 0.312 e. The molecule has 394 valence electrons. The van der Waals surface area contributed by atoms with E-state index in [2.05, 4.69) is 10.2 Å². The van der Waals surface area contributed by atoms with Crippen LogP contribution in [0.4, 0.5) is 11.4 Å². The zero-order chi connectivity index (χ0) is 53.9. The third-order valence-electron chi connectivity index (χ3n) is 15.2. The molecule has 0 radical (unpaired) electrons. The van der Waals surface area contributed by atoms with Crippen LogP contribution in [0.15, 0.2) is 92.4 Å². The minimum absolute atomic E-state index is 0.0299. The summed E-state index contributed by atoms with van der Waals surface area (Å²) < 4.78 is 36.3. The fraction of sp³-hybridized carbons (Fsp3) is 0.404.